The number of amides is 2. The fourth-order valence-corrected chi connectivity index (χ4v) is 3.41. The highest BCUT2D eigenvalue weighted by atomic mass is 32.1. The summed E-state index contributed by atoms with van der Waals surface area (Å²) >= 11 is 3.15. The van der Waals surface area contributed by atoms with Gasteiger partial charge in [-0.25, -0.2) is 0 Å². The van der Waals surface area contributed by atoms with Gasteiger partial charge in [0.25, 0.3) is 5.91 Å². The summed E-state index contributed by atoms with van der Waals surface area (Å²) in [6, 6.07) is 4.01. The largest absolute Gasteiger partial charge is 0.351 e. The molecule has 1 unspecified atom stereocenters. The van der Waals surface area contributed by atoms with Gasteiger partial charge in [0.05, 0.1) is 0 Å². The van der Waals surface area contributed by atoms with E-state index >= 15 is 0 Å². The van der Waals surface area contributed by atoms with E-state index in [2.05, 4.69) is 16.8 Å². The topological polar surface area (TPSA) is 49.4 Å². The molecule has 0 spiro atoms. The third kappa shape index (κ3) is 4.68. The third-order valence-corrected chi connectivity index (χ3v) is 4.99. The van der Waals surface area contributed by atoms with E-state index in [1.807, 2.05) is 24.7 Å². The zero-order valence-electron chi connectivity index (χ0n) is 12.7. The molecule has 0 radical (unpaired) electrons. The van der Waals surface area contributed by atoms with Crippen LogP contribution in [0, 0.1) is 0 Å². The van der Waals surface area contributed by atoms with Crippen molar-refractivity contribution in [3.63, 3.8) is 0 Å². The summed E-state index contributed by atoms with van der Waals surface area (Å²) in [6.07, 6.45) is 1.17. The number of nitrogens with one attached hydrogen (secondary N) is 1. The molecule has 6 heteroatoms. The summed E-state index contributed by atoms with van der Waals surface area (Å²) in [7, 11) is 1.82. The summed E-state index contributed by atoms with van der Waals surface area (Å²) in [5.74, 6) is -0.0728. The summed E-state index contributed by atoms with van der Waals surface area (Å²) in [5.41, 5.74) is 1.90. The molecule has 0 aliphatic heterocycles. The highest BCUT2D eigenvalue weighted by molar-refractivity contribution is 7.08. The van der Waals surface area contributed by atoms with Gasteiger partial charge in [-0.3, -0.25) is 9.59 Å². The van der Waals surface area contributed by atoms with Crippen LogP contribution >= 0.6 is 22.7 Å². The van der Waals surface area contributed by atoms with E-state index in [1.54, 1.807) is 27.7 Å². The predicted molar refractivity (Wildman–Crippen MR) is 91.5 cm³/mol. The fourth-order valence-electron chi connectivity index (χ4n) is 2.09. The molecule has 4 nitrogen and oxygen atoms in total. The molecule has 0 bridgehead atoms. The Morgan fingerprint density at radius 3 is 2.59 bits per heavy atom. The highest BCUT2D eigenvalue weighted by Gasteiger charge is 2.16. The first kappa shape index (κ1) is 16.7. The molecule has 1 atom stereocenters. The number of carbonyl (C=O) groups is 2. The summed E-state index contributed by atoms with van der Waals surface area (Å²) in [6.45, 7) is 2.41. The Labute approximate surface area is 138 Å². The Morgan fingerprint density at radius 2 is 1.95 bits per heavy atom. The predicted octanol–water partition coefficient (Wildman–Crippen LogP) is 3.02. The molecular formula is C16H20N2O2S2. The number of carbonyl (C=O) groups excluding carboxylic acids is 2. The molecule has 0 saturated carbocycles. The van der Waals surface area contributed by atoms with Gasteiger partial charge in [-0.15, -0.1) is 0 Å². The highest BCUT2D eigenvalue weighted by Crippen LogP contribution is 2.12. The number of hydrogen-bond acceptors (Lipinski definition) is 4. The number of nitrogens with zero attached hydrogens (tertiary/aromatic N) is 1. The van der Waals surface area contributed by atoms with Crippen molar-refractivity contribution in [1.82, 2.24) is 10.2 Å². The maximum absolute atomic E-state index is 12.2. The molecule has 0 aromatic carbocycles. The summed E-state index contributed by atoms with van der Waals surface area (Å²) < 4.78 is 0. The second-order valence-corrected chi connectivity index (χ2v) is 6.77. The van der Waals surface area contributed by atoms with Crippen molar-refractivity contribution in [1.29, 1.82) is 0 Å². The molecule has 0 saturated heterocycles. The van der Waals surface area contributed by atoms with Gasteiger partial charge < -0.3 is 10.2 Å². The lowest BCUT2D eigenvalue weighted by Gasteiger charge is -2.25. The van der Waals surface area contributed by atoms with Crippen LogP contribution in [0.3, 0.4) is 0 Å². The molecule has 118 valence electrons. The normalized spacial score (nSPS) is 11.9. The van der Waals surface area contributed by atoms with E-state index in [0.29, 0.717) is 18.5 Å². The molecule has 2 aromatic heterocycles. The second-order valence-electron chi connectivity index (χ2n) is 5.21. The van der Waals surface area contributed by atoms with Crippen LogP contribution in [0.2, 0.25) is 0 Å². The average Bonchev–Trinajstić information content (AvgIpc) is 3.19. The Hall–Kier alpha value is -1.66. The Morgan fingerprint density at radius 1 is 1.23 bits per heavy atom. The van der Waals surface area contributed by atoms with Crippen LogP contribution < -0.4 is 5.32 Å². The van der Waals surface area contributed by atoms with Crippen LogP contribution in [0.1, 0.15) is 29.3 Å². The zero-order valence-corrected chi connectivity index (χ0v) is 14.4. The van der Waals surface area contributed by atoms with E-state index < -0.39 is 0 Å². The van der Waals surface area contributed by atoms with Crippen LogP contribution in [0.25, 0.3) is 0 Å². The van der Waals surface area contributed by atoms with Crippen LogP contribution in [-0.4, -0.2) is 36.3 Å². The number of rotatable bonds is 7. The molecular weight excluding hydrogens is 316 g/mol. The summed E-state index contributed by atoms with van der Waals surface area (Å²) in [5, 5.41) is 10.6. The van der Waals surface area contributed by atoms with Crippen LogP contribution in [0.5, 0.6) is 0 Å². The van der Waals surface area contributed by atoms with Crippen molar-refractivity contribution in [2.45, 2.75) is 25.8 Å². The van der Waals surface area contributed by atoms with E-state index in [9.17, 15) is 9.59 Å². The van der Waals surface area contributed by atoms with Crippen molar-refractivity contribution in [3.05, 3.63) is 44.8 Å². The van der Waals surface area contributed by atoms with Crippen molar-refractivity contribution in [2.75, 3.05) is 13.6 Å². The lowest BCUT2D eigenvalue weighted by Crippen LogP contribution is -2.38. The Bertz CT molecular complexity index is 594. The van der Waals surface area contributed by atoms with Gasteiger partial charge in [-0.05, 0) is 47.2 Å². The number of hydrogen-bond donors (Lipinski definition) is 1. The van der Waals surface area contributed by atoms with Gasteiger partial charge in [-0.1, -0.05) is 0 Å². The molecule has 2 heterocycles. The molecule has 0 aliphatic rings. The molecule has 22 heavy (non-hydrogen) atoms. The zero-order chi connectivity index (χ0) is 15.9. The standard InChI is InChI=1S/C16H20N2O2S2/c1-12(9-13-4-7-21-10-13)18(2)15(19)3-6-17-16(20)14-5-8-22-11-14/h4-5,7-8,10-12H,3,6,9H2,1-2H3,(H,17,20). The third-order valence-electron chi connectivity index (χ3n) is 3.57. The van der Waals surface area contributed by atoms with Gasteiger partial charge in [0.15, 0.2) is 0 Å². The Balaban J connectivity index is 1.73. The monoisotopic (exact) mass is 336 g/mol. The molecule has 2 aromatic rings. The van der Waals surface area contributed by atoms with E-state index in [-0.39, 0.29) is 17.9 Å². The summed E-state index contributed by atoms with van der Waals surface area (Å²) in [4.78, 5) is 25.7. The molecule has 2 rings (SSSR count). The molecule has 0 aliphatic carbocycles. The van der Waals surface area contributed by atoms with Crippen LogP contribution in [0.15, 0.2) is 33.7 Å². The SMILES string of the molecule is CC(Cc1ccsc1)N(C)C(=O)CCNC(=O)c1ccsc1. The fraction of sp³-hybridized carbons (Fsp3) is 0.375. The van der Waals surface area contributed by atoms with Gasteiger partial charge >= 0.3 is 0 Å². The number of thiophene rings is 2. The smallest absolute Gasteiger partial charge is 0.252 e. The molecule has 0 fully saturated rings. The minimum absolute atomic E-state index is 0.0494. The maximum Gasteiger partial charge on any atom is 0.252 e. The van der Waals surface area contributed by atoms with E-state index in [0.717, 1.165) is 6.42 Å². The van der Waals surface area contributed by atoms with E-state index in [4.69, 9.17) is 0 Å². The van der Waals surface area contributed by atoms with E-state index in [1.165, 1.54) is 16.9 Å². The van der Waals surface area contributed by atoms with Gasteiger partial charge in [0.1, 0.15) is 0 Å². The minimum atomic E-state index is -0.122. The van der Waals surface area contributed by atoms with Crippen molar-refractivity contribution < 1.29 is 9.59 Å². The first-order chi connectivity index (χ1) is 10.6. The van der Waals surface area contributed by atoms with Crippen LogP contribution in [-0.2, 0) is 11.2 Å². The number of likely N-dealkylation sites (N-methyl/N-ethyl adjacent to an activating group) is 1. The van der Waals surface area contributed by atoms with Gasteiger partial charge in [0, 0.05) is 37.0 Å². The molecule has 1 N–H and O–H groups in total. The molecule has 2 amide bonds. The van der Waals surface area contributed by atoms with Gasteiger partial charge in [0.2, 0.25) is 5.91 Å². The van der Waals surface area contributed by atoms with Crippen molar-refractivity contribution >= 4 is 34.5 Å². The van der Waals surface area contributed by atoms with Gasteiger partial charge in [-0.2, -0.15) is 22.7 Å². The average molecular weight is 336 g/mol. The first-order valence-electron chi connectivity index (χ1n) is 7.15. The Kier molecular flexibility index (Phi) is 6.15. The van der Waals surface area contributed by atoms with Crippen LogP contribution in [0.4, 0.5) is 0 Å². The quantitative estimate of drug-likeness (QED) is 0.845. The lowest BCUT2D eigenvalue weighted by molar-refractivity contribution is -0.131. The maximum atomic E-state index is 12.2. The second kappa shape index (κ2) is 8.10. The minimum Gasteiger partial charge on any atom is -0.351 e. The van der Waals surface area contributed by atoms with Crippen molar-refractivity contribution in [2.24, 2.45) is 0 Å². The first-order valence-corrected chi connectivity index (χ1v) is 9.03. The van der Waals surface area contributed by atoms with Crippen molar-refractivity contribution in [3.8, 4) is 0 Å². The lowest BCUT2D eigenvalue weighted by atomic mass is 10.1.